The number of hydrogen-bond donors (Lipinski definition) is 7. The van der Waals surface area contributed by atoms with E-state index in [2.05, 4.69) is 0 Å². The number of carboxylic acid groups (broad SMARTS) is 1. The molecule has 14 nitrogen and oxygen atoms in total. The van der Waals surface area contributed by atoms with Gasteiger partial charge in [-0.2, -0.15) is 0 Å². The molecule has 0 bridgehead atoms. The average Bonchev–Trinajstić information content (AvgIpc) is 3.87. The Morgan fingerprint density at radius 1 is 0.831 bits per heavy atom. The number of carboxylic acids is 1. The van der Waals surface area contributed by atoms with E-state index in [-0.39, 0.29) is 61.9 Å². The third-order valence-electron chi connectivity index (χ3n) is 9.81. The Hall–Kier alpha value is -4.16. The highest BCUT2D eigenvalue weighted by atomic mass is 32.2. The van der Waals surface area contributed by atoms with Crippen LogP contribution in [0.15, 0.2) is 95.8 Å². The molecule has 0 radical (unpaired) electrons. The fraction of sp³-hybridized carbons (Fsp3) is 0.512. The average molecular weight is 862 g/mol. The lowest BCUT2D eigenvalue weighted by Gasteiger charge is -2.19. The number of allylic oxidation sites excluding steroid dienone is 4. The van der Waals surface area contributed by atoms with Crippen molar-refractivity contribution in [3.63, 3.8) is 0 Å². The molecule has 2 aliphatic rings. The Labute approximate surface area is 350 Å². The Bertz CT molecular complexity index is 1780. The second kappa shape index (κ2) is 26.1. The molecule has 1 heterocycles. The van der Waals surface area contributed by atoms with Crippen molar-refractivity contribution in [3.8, 4) is 11.5 Å². The summed E-state index contributed by atoms with van der Waals surface area (Å²) in [5, 5.41) is 63.2. The van der Waals surface area contributed by atoms with Gasteiger partial charge < -0.3 is 40.1 Å². The molecular formula is C43H59NO13S2. The number of aliphatic hydroxyl groups is 5. The molecule has 1 unspecified atom stereocenters. The van der Waals surface area contributed by atoms with Crippen molar-refractivity contribution in [2.24, 2.45) is 23.7 Å². The van der Waals surface area contributed by atoms with Gasteiger partial charge in [0, 0.05) is 48.8 Å². The lowest BCUT2D eigenvalue weighted by molar-refractivity contribution is -0.137. The highest BCUT2D eigenvalue weighted by Crippen LogP contribution is 2.36. The molecule has 7 N–H and O–H groups in total. The maximum atomic E-state index is 12.3. The van der Waals surface area contributed by atoms with Crippen LogP contribution < -0.4 is 14.2 Å². The smallest absolute Gasteiger partial charge is 0.303 e. The zero-order valence-corrected chi connectivity index (χ0v) is 34.9. The van der Waals surface area contributed by atoms with Crippen molar-refractivity contribution < 1.29 is 62.9 Å². The third kappa shape index (κ3) is 19.6. The van der Waals surface area contributed by atoms with Crippen molar-refractivity contribution in [2.75, 3.05) is 19.5 Å². The first-order valence-electron chi connectivity index (χ1n) is 19.8. The molecule has 2 fully saturated rings. The van der Waals surface area contributed by atoms with Gasteiger partial charge >= 0.3 is 5.97 Å². The van der Waals surface area contributed by atoms with Gasteiger partial charge in [-0.25, -0.2) is 8.42 Å². The molecule has 0 aliphatic heterocycles. The van der Waals surface area contributed by atoms with Gasteiger partial charge in [-0.1, -0.05) is 66.8 Å². The van der Waals surface area contributed by atoms with Gasteiger partial charge in [0.1, 0.15) is 42.7 Å². The molecule has 59 heavy (non-hydrogen) atoms. The molecule has 2 saturated carbocycles. The number of aliphatic carboxylic acids is 1. The van der Waals surface area contributed by atoms with Gasteiger partial charge in [-0.05, 0) is 68.0 Å². The van der Waals surface area contributed by atoms with E-state index >= 15 is 0 Å². The zero-order valence-electron chi connectivity index (χ0n) is 33.3. The number of Topliss-reactive ketones (excluding diaryl/α,β-unsaturated/α-hetero) is 1. The first-order chi connectivity index (χ1) is 28.1. The number of sulfonamides is 1. The number of para-hydroxylation sites is 1. The maximum Gasteiger partial charge on any atom is 0.303 e. The van der Waals surface area contributed by atoms with Crippen LogP contribution in [0.1, 0.15) is 64.2 Å². The zero-order chi connectivity index (χ0) is 43.2. The van der Waals surface area contributed by atoms with Crippen LogP contribution in [0.25, 0.3) is 0 Å². The van der Waals surface area contributed by atoms with Gasteiger partial charge in [0.25, 0.3) is 0 Å². The number of benzene rings is 1. The molecule has 9 atom stereocenters. The molecule has 1 amide bonds. The predicted molar refractivity (Wildman–Crippen MR) is 224 cm³/mol. The number of nitrogens with one attached hydrogen (secondary N) is 1. The van der Waals surface area contributed by atoms with Crippen molar-refractivity contribution in [2.45, 2.75) is 94.7 Å². The molecule has 16 heteroatoms. The van der Waals surface area contributed by atoms with Crippen LogP contribution in [0, 0.1) is 23.7 Å². The molecule has 1 aromatic heterocycles. The number of amides is 1. The summed E-state index contributed by atoms with van der Waals surface area (Å²) in [6.07, 6.45) is 15.4. The van der Waals surface area contributed by atoms with Crippen LogP contribution in [0.3, 0.4) is 0 Å². The summed E-state index contributed by atoms with van der Waals surface area (Å²) < 4.78 is 34.8. The summed E-state index contributed by atoms with van der Waals surface area (Å²) in [6, 6.07) is 10.9. The largest absolute Gasteiger partial charge is 0.491 e. The normalized spacial score (nSPS) is 24.4. The number of rotatable bonds is 23. The number of ether oxygens (including phenoxy) is 2. The minimum Gasteiger partial charge on any atom is -0.491 e. The Morgan fingerprint density at radius 2 is 1.44 bits per heavy atom. The SMILES string of the molecule is CS(=O)(=O)NC(=O)CCC/C=C\C[C@H]1C(=O)C[C@@H](O)[C@@H]1/C=C/[C@@H](O)COc1ccccc1.O=C(O)CCC/C=C\C[C@@H]1[C@@H](/C=C/C(O)COc2ccsc2)[C@H](O)C[C@@H]1O. The molecule has 326 valence electrons. The Morgan fingerprint density at radius 3 is 2.05 bits per heavy atom. The summed E-state index contributed by atoms with van der Waals surface area (Å²) in [6.45, 7) is 0.196. The molecule has 2 aliphatic carbocycles. The van der Waals surface area contributed by atoms with E-state index in [1.54, 1.807) is 36.4 Å². The van der Waals surface area contributed by atoms with E-state index in [1.165, 1.54) is 11.3 Å². The summed E-state index contributed by atoms with van der Waals surface area (Å²) in [5.74, 6) is -1.15. The number of thiophene rings is 1. The number of ketones is 1. The summed E-state index contributed by atoms with van der Waals surface area (Å²) in [4.78, 5) is 34.2. The number of hydrogen-bond acceptors (Lipinski definition) is 13. The van der Waals surface area contributed by atoms with Crippen molar-refractivity contribution in [1.82, 2.24) is 4.72 Å². The van der Waals surface area contributed by atoms with Gasteiger partial charge in [-0.15, -0.1) is 11.3 Å². The van der Waals surface area contributed by atoms with E-state index in [0.717, 1.165) is 12.0 Å². The summed E-state index contributed by atoms with van der Waals surface area (Å²) in [7, 11) is -3.54. The quantitative estimate of drug-likeness (QED) is 0.0609. The monoisotopic (exact) mass is 861 g/mol. The topological polar surface area (TPSA) is 237 Å². The molecule has 0 spiro atoms. The Kier molecular flexibility index (Phi) is 21.8. The maximum absolute atomic E-state index is 12.3. The first-order valence-corrected chi connectivity index (χ1v) is 22.6. The van der Waals surface area contributed by atoms with Crippen molar-refractivity contribution in [3.05, 3.63) is 95.8 Å². The molecule has 1 aromatic carbocycles. The van der Waals surface area contributed by atoms with E-state index in [1.807, 2.05) is 64.1 Å². The highest BCUT2D eigenvalue weighted by molar-refractivity contribution is 7.89. The van der Waals surface area contributed by atoms with Gasteiger partial charge in [0.2, 0.25) is 15.9 Å². The summed E-state index contributed by atoms with van der Waals surface area (Å²) in [5.41, 5.74) is 0. The number of aliphatic hydroxyl groups excluding tert-OH is 5. The highest BCUT2D eigenvalue weighted by Gasteiger charge is 2.40. The van der Waals surface area contributed by atoms with Gasteiger partial charge in [-0.3, -0.25) is 19.1 Å². The van der Waals surface area contributed by atoms with Gasteiger partial charge in [0.05, 0.1) is 24.6 Å². The Balaban J connectivity index is 0.000000320. The van der Waals surface area contributed by atoms with Crippen LogP contribution in [-0.4, -0.2) is 107 Å². The van der Waals surface area contributed by atoms with Crippen LogP contribution in [0.5, 0.6) is 11.5 Å². The van der Waals surface area contributed by atoms with Crippen LogP contribution in [0.2, 0.25) is 0 Å². The molecule has 2 aromatic rings. The third-order valence-corrected chi connectivity index (χ3v) is 11.1. The standard InChI is InChI=1S/C23H31NO7S.C20H28O6S/c1-32(29,30)24-23(28)12-8-3-2-7-11-19-20(22(27)15-21(19)26)14-13-17(25)16-31-18-9-5-4-6-10-18;21-14(12-26-15-9-10-27-13-15)7-8-17-16(18(22)11-19(17)23)5-3-1-2-4-6-20(24)25/h2,4-7,9-10,13-14,17,19-20,22,25,27H,3,8,11-12,15-16H2,1H3,(H,24,28);1,3,7-10,13-14,16-19,21-23H,2,4-6,11-12H2,(H,24,25)/b7-2-,14-13+;3-1-,8-7+/t17-,19-,20-,22-;14?,16-,17-,18+,19-/m11/s1. The predicted octanol–water partition coefficient (Wildman–Crippen LogP) is 4.34. The molecule has 4 rings (SSSR count). The van der Waals surface area contributed by atoms with Crippen LogP contribution in [-0.2, 0) is 24.4 Å². The van der Waals surface area contributed by atoms with Crippen LogP contribution >= 0.6 is 11.3 Å². The van der Waals surface area contributed by atoms with E-state index in [9.17, 15) is 48.3 Å². The van der Waals surface area contributed by atoms with Crippen molar-refractivity contribution >= 4 is 39.0 Å². The number of carbonyl (C=O) groups is 3. The first kappa shape index (κ1) is 49.2. The lowest BCUT2D eigenvalue weighted by Crippen LogP contribution is -2.28. The van der Waals surface area contributed by atoms with E-state index in [4.69, 9.17) is 14.6 Å². The van der Waals surface area contributed by atoms with Crippen LogP contribution in [0.4, 0.5) is 0 Å². The second-order valence-corrected chi connectivity index (χ2v) is 17.3. The van der Waals surface area contributed by atoms with E-state index in [0.29, 0.717) is 50.7 Å². The summed E-state index contributed by atoms with van der Waals surface area (Å²) >= 11 is 1.52. The van der Waals surface area contributed by atoms with Crippen molar-refractivity contribution in [1.29, 1.82) is 0 Å². The molecular weight excluding hydrogens is 803 g/mol. The van der Waals surface area contributed by atoms with E-state index < -0.39 is 52.4 Å². The minimum atomic E-state index is -3.54. The number of carbonyl (C=O) groups excluding carboxylic acids is 2. The fourth-order valence-corrected chi connectivity index (χ4v) is 7.90. The van der Waals surface area contributed by atoms with Gasteiger partial charge in [0.15, 0.2) is 0 Å². The minimum absolute atomic E-state index is 0.0284. The number of unbranched alkanes of at least 4 members (excludes halogenated alkanes) is 2. The fourth-order valence-electron chi connectivity index (χ4n) is 6.81. The second-order valence-electron chi connectivity index (χ2n) is 14.7. The molecule has 0 saturated heterocycles. The lowest BCUT2D eigenvalue weighted by atomic mass is 9.89.